The Morgan fingerprint density at radius 3 is 2.67 bits per heavy atom. The number of rotatable bonds is 6. The summed E-state index contributed by atoms with van der Waals surface area (Å²) in [6, 6.07) is 4.29. The molecule has 2 fully saturated rings. The largest absolute Gasteiger partial charge is 0.463 e. The van der Waals surface area contributed by atoms with Gasteiger partial charge in [-0.1, -0.05) is 0 Å². The molecule has 2 aromatic rings. The summed E-state index contributed by atoms with van der Waals surface area (Å²) in [6.45, 7) is 7.87. The van der Waals surface area contributed by atoms with Gasteiger partial charge in [-0.3, -0.25) is 0 Å². The summed E-state index contributed by atoms with van der Waals surface area (Å²) in [5, 5.41) is 2.67. The van der Waals surface area contributed by atoms with E-state index in [-0.39, 0.29) is 61.3 Å². The lowest BCUT2D eigenvalue weighted by molar-refractivity contribution is -0.149. The number of anilines is 3. The standard InChI is InChI=1S/C29H33F3N4O6/c1-5-39-26(37)18-10-17-11-22(32)25(34-24(17)36(14-18)23-7-6-19(30)12-21(23)31)35-9-8-29(16-35)40-15-20(41-29)13-33-27(38)42-28(2,3)4/h6-7,10-12,20H,5,8-9,13-16H2,1-4H3,(H,33,38). The van der Waals surface area contributed by atoms with Gasteiger partial charge < -0.3 is 34.1 Å². The van der Waals surface area contributed by atoms with Crippen molar-refractivity contribution in [3.8, 4) is 0 Å². The number of aromatic nitrogens is 1. The van der Waals surface area contributed by atoms with E-state index in [4.69, 9.17) is 18.9 Å². The number of hydrogen-bond acceptors (Lipinski definition) is 9. The summed E-state index contributed by atoms with van der Waals surface area (Å²) in [6.07, 6.45) is 0.879. The van der Waals surface area contributed by atoms with Crippen LogP contribution in [0.15, 0.2) is 29.8 Å². The first-order valence-electron chi connectivity index (χ1n) is 13.7. The maximum atomic E-state index is 15.5. The second-order valence-electron chi connectivity index (χ2n) is 11.3. The van der Waals surface area contributed by atoms with Gasteiger partial charge in [-0.15, -0.1) is 0 Å². The number of esters is 1. The third kappa shape index (κ3) is 6.31. The normalized spacial score (nSPS) is 21.8. The minimum atomic E-state index is -1.02. The highest BCUT2D eigenvalue weighted by atomic mass is 19.1. The number of nitrogens with one attached hydrogen (secondary N) is 1. The molecule has 3 aliphatic heterocycles. The van der Waals surface area contributed by atoms with Crippen LogP contribution in [0.4, 0.5) is 35.3 Å². The fourth-order valence-corrected chi connectivity index (χ4v) is 5.13. The van der Waals surface area contributed by atoms with Gasteiger partial charge in [0.25, 0.3) is 0 Å². The lowest BCUT2D eigenvalue weighted by Crippen LogP contribution is -2.40. The van der Waals surface area contributed by atoms with E-state index in [2.05, 4.69) is 10.3 Å². The zero-order valence-electron chi connectivity index (χ0n) is 23.8. The van der Waals surface area contributed by atoms with Gasteiger partial charge in [-0.25, -0.2) is 27.7 Å². The second-order valence-corrected chi connectivity index (χ2v) is 11.3. The van der Waals surface area contributed by atoms with Gasteiger partial charge in [0, 0.05) is 31.1 Å². The van der Waals surface area contributed by atoms with Crippen LogP contribution in [-0.2, 0) is 23.7 Å². The zero-order valence-corrected chi connectivity index (χ0v) is 23.8. The van der Waals surface area contributed by atoms with E-state index in [1.165, 1.54) is 23.1 Å². The Bertz CT molecular complexity index is 1410. The molecule has 3 aliphatic rings. The highest BCUT2D eigenvalue weighted by Gasteiger charge is 2.48. The number of carbonyl (C=O) groups excluding carboxylic acids is 2. The van der Waals surface area contributed by atoms with Crippen LogP contribution in [-0.4, -0.2) is 73.9 Å². The third-order valence-electron chi connectivity index (χ3n) is 6.90. The predicted octanol–water partition coefficient (Wildman–Crippen LogP) is 4.44. The van der Waals surface area contributed by atoms with Crippen molar-refractivity contribution in [1.29, 1.82) is 0 Å². The summed E-state index contributed by atoms with van der Waals surface area (Å²) < 4.78 is 66.6. The van der Waals surface area contributed by atoms with Crippen LogP contribution in [0, 0.1) is 17.5 Å². The van der Waals surface area contributed by atoms with E-state index < -0.39 is 47.0 Å². The highest BCUT2D eigenvalue weighted by molar-refractivity contribution is 5.98. The van der Waals surface area contributed by atoms with Crippen LogP contribution in [0.1, 0.15) is 39.7 Å². The van der Waals surface area contributed by atoms with Gasteiger partial charge in [-0.05, 0) is 52.0 Å². The summed E-state index contributed by atoms with van der Waals surface area (Å²) >= 11 is 0. The van der Waals surface area contributed by atoms with Gasteiger partial charge in [0.05, 0.1) is 37.6 Å². The molecule has 0 aliphatic carbocycles. The van der Waals surface area contributed by atoms with Crippen LogP contribution in [0.3, 0.4) is 0 Å². The van der Waals surface area contributed by atoms with Crippen LogP contribution in [0.5, 0.6) is 0 Å². The van der Waals surface area contributed by atoms with Crippen molar-refractivity contribution in [1.82, 2.24) is 10.3 Å². The van der Waals surface area contributed by atoms with Gasteiger partial charge in [0.2, 0.25) is 0 Å². The maximum absolute atomic E-state index is 15.5. The molecule has 0 radical (unpaired) electrons. The second kappa shape index (κ2) is 11.4. The molecule has 2 saturated heterocycles. The Kier molecular flexibility index (Phi) is 8.08. The van der Waals surface area contributed by atoms with E-state index in [1.807, 2.05) is 0 Å². The van der Waals surface area contributed by atoms with E-state index >= 15 is 4.39 Å². The van der Waals surface area contributed by atoms with Crippen molar-refractivity contribution in [2.45, 2.75) is 51.6 Å². The quantitative estimate of drug-likeness (QED) is 0.489. The molecule has 1 aromatic carbocycles. The summed E-state index contributed by atoms with van der Waals surface area (Å²) in [4.78, 5) is 32.2. The number of alkyl carbamates (subject to hydrolysis) is 1. The maximum Gasteiger partial charge on any atom is 0.407 e. The number of hydrogen-bond donors (Lipinski definition) is 1. The average Bonchev–Trinajstić information content (AvgIpc) is 3.51. The Balaban J connectivity index is 1.37. The van der Waals surface area contributed by atoms with Crippen molar-refractivity contribution in [2.75, 3.05) is 49.2 Å². The Morgan fingerprint density at radius 1 is 1.17 bits per heavy atom. The van der Waals surface area contributed by atoms with Gasteiger partial charge in [0.1, 0.15) is 29.2 Å². The monoisotopic (exact) mass is 590 g/mol. The van der Waals surface area contributed by atoms with Crippen molar-refractivity contribution in [2.24, 2.45) is 0 Å². The molecule has 5 rings (SSSR count). The molecular formula is C29H33F3N4O6. The van der Waals surface area contributed by atoms with E-state index in [0.29, 0.717) is 13.0 Å². The smallest absolute Gasteiger partial charge is 0.407 e. The van der Waals surface area contributed by atoms with Gasteiger partial charge in [0.15, 0.2) is 17.4 Å². The van der Waals surface area contributed by atoms with Gasteiger partial charge >= 0.3 is 12.1 Å². The first-order chi connectivity index (χ1) is 19.9. The molecule has 4 heterocycles. The van der Waals surface area contributed by atoms with Crippen LogP contribution in [0.25, 0.3) is 6.08 Å². The third-order valence-corrected chi connectivity index (χ3v) is 6.90. The lowest BCUT2D eigenvalue weighted by atomic mass is 10.0. The first-order valence-corrected chi connectivity index (χ1v) is 13.7. The van der Waals surface area contributed by atoms with Crippen LogP contribution < -0.4 is 15.1 Å². The molecular weight excluding hydrogens is 557 g/mol. The SMILES string of the molecule is CCOC(=O)C1=Cc2cc(F)c(N3CCC4(C3)OCC(CNC(=O)OC(C)(C)C)O4)nc2N(c2ccc(F)cc2F)C1. The minimum absolute atomic E-state index is 0.00587. The highest BCUT2D eigenvalue weighted by Crippen LogP contribution is 2.40. The van der Waals surface area contributed by atoms with E-state index in [1.54, 1.807) is 32.6 Å². The molecule has 1 aromatic heterocycles. The number of nitrogens with zero attached hydrogens (tertiary/aromatic N) is 3. The fraction of sp³-hybridized carbons (Fsp3) is 0.483. The molecule has 42 heavy (non-hydrogen) atoms. The van der Waals surface area contributed by atoms with Gasteiger partial charge in [-0.2, -0.15) is 0 Å². The van der Waals surface area contributed by atoms with Crippen LogP contribution >= 0.6 is 0 Å². The topological polar surface area (TPSA) is 102 Å². The summed E-state index contributed by atoms with van der Waals surface area (Å²) in [7, 11) is 0. The number of carbonyl (C=O) groups is 2. The average molecular weight is 591 g/mol. The number of amides is 1. The Labute approximate surface area is 241 Å². The fourth-order valence-electron chi connectivity index (χ4n) is 5.13. The number of halogens is 3. The Hall–Kier alpha value is -3.84. The van der Waals surface area contributed by atoms with Crippen molar-refractivity contribution in [3.05, 3.63) is 52.9 Å². The summed E-state index contributed by atoms with van der Waals surface area (Å²) in [5.74, 6) is -3.75. The molecule has 1 N–H and O–H groups in total. The summed E-state index contributed by atoms with van der Waals surface area (Å²) in [5.41, 5.74) is -0.256. The molecule has 10 nitrogen and oxygen atoms in total. The van der Waals surface area contributed by atoms with Crippen LogP contribution in [0.2, 0.25) is 0 Å². The molecule has 226 valence electrons. The number of benzene rings is 1. The predicted molar refractivity (Wildman–Crippen MR) is 147 cm³/mol. The van der Waals surface area contributed by atoms with Crippen molar-refractivity contribution in [3.63, 3.8) is 0 Å². The van der Waals surface area contributed by atoms with E-state index in [9.17, 15) is 18.4 Å². The molecule has 1 spiro atoms. The molecule has 2 unspecified atom stereocenters. The van der Waals surface area contributed by atoms with Crippen molar-refractivity contribution >= 4 is 35.5 Å². The lowest BCUT2D eigenvalue weighted by Gasteiger charge is -2.31. The van der Waals surface area contributed by atoms with E-state index in [0.717, 1.165) is 12.1 Å². The number of pyridine rings is 1. The molecule has 1 amide bonds. The molecule has 2 atom stereocenters. The minimum Gasteiger partial charge on any atom is -0.463 e. The number of fused-ring (bicyclic) bond motifs is 1. The number of ether oxygens (including phenoxy) is 4. The Morgan fingerprint density at radius 2 is 1.95 bits per heavy atom. The molecule has 0 saturated carbocycles. The first kappa shape index (κ1) is 29.6. The zero-order chi connectivity index (χ0) is 30.2. The molecule has 0 bridgehead atoms. The molecule has 13 heteroatoms. The van der Waals surface area contributed by atoms with Crippen molar-refractivity contribution < 1.29 is 41.7 Å².